The van der Waals surface area contributed by atoms with Gasteiger partial charge in [0.2, 0.25) is 0 Å². The van der Waals surface area contributed by atoms with Crippen LogP contribution in [-0.2, 0) is 5.92 Å². The Kier molecular flexibility index (Phi) is 5.80. The van der Waals surface area contributed by atoms with Crippen molar-refractivity contribution in [2.24, 2.45) is 0 Å². The lowest BCUT2D eigenvalue weighted by atomic mass is 10.1. The molecule has 8 heteroatoms. The molecule has 0 aliphatic rings. The fraction of sp³-hybridized carbons (Fsp3) is 0.133. The van der Waals surface area contributed by atoms with E-state index in [4.69, 9.17) is 23.2 Å². The van der Waals surface area contributed by atoms with Crippen LogP contribution in [0.4, 0.5) is 13.2 Å². The summed E-state index contributed by atoms with van der Waals surface area (Å²) in [6.07, 6.45) is 0. The van der Waals surface area contributed by atoms with Gasteiger partial charge < -0.3 is 5.32 Å². The Hall–Kier alpha value is -0.990. The molecule has 2 aromatic carbocycles. The molecule has 122 valence electrons. The summed E-state index contributed by atoms with van der Waals surface area (Å²) >= 11 is 13.1. The highest BCUT2D eigenvalue weighted by atomic mass is 127. The predicted molar refractivity (Wildman–Crippen MR) is 91.8 cm³/mol. The first kappa shape index (κ1) is 18.4. The number of alkyl halides is 2. The van der Waals surface area contributed by atoms with E-state index in [0.29, 0.717) is 0 Å². The Morgan fingerprint density at radius 1 is 1.22 bits per heavy atom. The van der Waals surface area contributed by atoms with Gasteiger partial charge in [-0.1, -0.05) is 29.3 Å². The van der Waals surface area contributed by atoms with Gasteiger partial charge in [0.25, 0.3) is 11.8 Å². The quantitative estimate of drug-likeness (QED) is 0.603. The van der Waals surface area contributed by atoms with E-state index in [9.17, 15) is 18.0 Å². The third kappa shape index (κ3) is 4.30. The Morgan fingerprint density at radius 2 is 1.91 bits per heavy atom. The van der Waals surface area contributed by atoms with Gasteiger partial charge in [-0.05, 0) is 52.9 Å². The van der Waals surface area contributed by atoms with Crippen molar-refractivity contribution in [3.8, 4) is 0 Å². The third-order valence-electron chi connectivity index (χ3n) is 2.99. The molecule has 0 saturated heterocycles. The number of hydrogen-bond donors (Lipinski definition) is 1. The van der Waals surface area contributed by atoms with Crippen molar-refractivity contribution >= 4 is 51.7 Å². The van der Waals surface area contributed by atoms with Crippen molar-refractivity contribution in [3.05, 3.63) is 67.0 Å². The van der Waals surface area contributed by atoms with Crippen LogP contribution < -0.4 is 5.32 Å². The largest absolute Gasteiger partial charge is 0.346 e. The topological polar surface area (TPSA) is 29.1 Å². The van der Waals surface area contributed by atoms with Crippen LogP contribution in [0.15, 0.2) is 36.4 Å². The summed E-state index contributed by atoms with van der Waals surface area (Å²) in [5, 5.41) is 2.13. The first-order valence-electron chi connectivity index (χ1n) is 6.28. The third-order valence-corrected chi connectivity index (χ3v) is 4.64. The van der Waals surface area contributed by atoms with Crippen LogP contribution in [0.1, 0.15) is 15.9 Å². The summed E-state index contributed by atoms with van der Waals surface area (Å²) in [6.45, 7) is -0.972. The summed E-state index contributed by atoms with van der Waals surface area (Å²) in [4.78, 5) is 12.0. The molecule has 2 nitrogen and oxygen atoms in total. The summed E-state index contributed by atoms with van der Waals surface area (Å²) in [7, 11) is 0. The maximum atomic E-state index is 14.2. The van der Waals surface area contributed by atoms with E-state index in [1.165, 1.54) is 30.3 Å². The molecule has 1 amide bonds. The van der Waals surface area contributed by atoms with Gasteiger partial charge >= 0.3 is 0 Å². The van der Waals surface area contributed by atoms with Gasteiger partial charge in [-0.2, -0.15) is 8.78 Å². The zero-order valence-corrected chi connectivity index (χ0v) is 15.0. The molecule has 0 saturated carbocycles. The average molecular weight is 474 g/mol. The highest BCUT2D eigenvalue weighted by Crippen LogP contribution is 2.34. The zero-order valence-electron chi connectivity index (χ0n) is 11.3. The van der Waals surface area contributed by atoms with Crippen molar-refractivity contribution in [3.63, 3.8) is 0 Å². The van der Waals surface area contributed by atoms with Gasteiger partial charge in [-0.3, -0.25) is 4.79 Å². The van der Waals surface area contributed by atoms with E-state index in [-0.39, 0.29) is 19.2 Å². The predicted octanol–water partition coefficient (Wildman–Crippen LogP) is 5.26. The molecule has 0 heterocycles. The zero-order chi connectivity index (χ0) is 17.2. The highest BCUT2D eigenvalue weighted by molar-refractivity contribution is 14.1. The lowest BCUT2D eigenvalue weighted by molar-refractivity contribution is -0.00237. The average Bonchev–Trinajstić information content (AvgIpc) is 2.47. The molecule has 0 bridgehead atoms. The molecule has 0 fully saturated rings. The van der Waals surface area contributed by atoms with Gasteiger partial charge in [-0.15, -0.1) is 0 Å². The lowest BCUT2D eigenvalue weighted by Gasteiger charge is -2.19. The first-order valence-corrected chi connectivity index (χ1v) is 8.11. The summed E-state index contributed by atoms with van der Waals surface area (Å²) < 4.78 is 41.8. The second kappa shape index (κ2) is 7.27. The first-order chi connectivity index (χ1) is 10.7. The van der Waals surface area contributed by atoms with Crippen molar-refractivity contribution in [2.45, 2.75) is 5.92 Å². The standard InChI is InChI=1S/C15H9Cl2F3INO/c16-8-4-5-10(11(17)6-8)15(19,20)7-22-14(23)9-2-1-3-12(18)13(9)21/h1-6H,7H2,(H,22,23). The van der Waals surface area contributed by atoms with E-state index in [1.807, 2.05) is 0 Å². The Bertz CT molecular complexity index is 755. The Labute approximate surface area is 154 Å². The highest BCUT2D eigenvalue weighted by Gasteiger charge is 2.34. The summed E-state index contributed by atoms with van der Waals surface area (Å²) in [6, 6.07) is 7.45. The number of hydrogen-bond acceptors (Lipinski definition) is 1. The molecule has 0 unspecified atom stereocenters. The van der Waals surface area contributed by atoms with Gasteiger partial charge in [0.05, 0.1) is 20.7 Å². The molecule has 1 N–H and O–H groups in total. The molecule has 0 radical (unpaired) electrons. The Morgan fingerprint density at radius 3 is 2.57 bits per heavy atom. The van der Waals surface area contributed by atoms with E-state index < -0.39 is 29.8 Å². The molecular weight excluding hydrogens is 465 g/mol. The number of carbonyl (C=O) groups is 1. The van der Waals surface area contributed by atoms with Crippen molar-refractivity contribution < 1.29 is 18.0 Å². The van der Waals surface area contributed by atoms with Crippen LogP contribution in [0.2, 0.25) is 10.0 Å². The van der Waals surface area contributed by atoms with Gasteiger partial charge in [0.15, 0.2) is 0 Å². The van der Waals surface area contributed by atoms with Gasteiger partial charge in [-0.25, -0.2) is 4.39 Å². The minimum Gasteiger partial charge on any atom is -0.346 e. The second-order valence-electron chi connectivity index (χ2n) is 4.61. The Balaban J connectivity index is 2.15. The molecule has 0 aromatic heterocycles. The number of rotatable bonds is 4. The van der Waals surface area contributed by atoms with E-state index in [1.54, 1.807) is 22.6 Å². The molecule has 2 rings (SSSR count). The lowest BCUT2D eigenvalue weighted by Crippen LogP contribution is -2.35. The van der Waals surface area contributed by atoms with Crippen LogP contribution >= 0.6 is 45.8 Å². The van der Waals surface area contributed by atoms with Crippen LogP contribution in [0, 0.1) is 9.39 Å². The molecule has 23 heavy (non-hydrogen) atoms. The molecule has 0 atom stereocenters. The normalized spacial score (nSPS) is 11.4. The summed E-state index contributed by atoms with van der Waals surface area (Å²) in [5.74, 6) is -4.78. The molecule has 0 aliphatic heterocycles. The second-order valence-corrected chi connectivity index (χ2v) is 6.54. The molecular formula is C15H9Cl2F3INO. The van der Waals surface area contributed by atoms with Crippen molar-refractivity contribution in [1.82, 2.24) is 5.32 Å². The van der Waals surface area contributed by atoms with Crippen LogP contribution in [-0.4, -0.2) is 12.5 Å². The maximum absolute atomic E-state index is 14.2. The van der Waals surface area contributed by atoms with Crippen molar-refractivity contribution in [1.29, 1.82) is 0 Å². The number of halogens is 6. The minimum atomic E-state index is -3.39. The fourth-order valence-electron chi connectivity index (χ4n) is 1.85. The number of amides is 1. The SMILES string of the molecule is O=C(NCC(F)(F)c1ccc(Cl)cc1Cl)c1cccc(F)c1I. The number of benzene rings is 2. The van der Waals surface area contributed by atoms with Crippen LogP contribution in [0.5, 0.6) is 0 Å². The number of carbonyl (C=O) groups excluding carboxylic acids is 1. The fourth-order valence-corrected chi connectivity index (χ4v) is 3.00. The van der Waals surface area contributed by atoms with Crippen LogP contribution in [0.25, 0.3) is 0 Å². The van der Waals surface area contributed by atoms with Gasteiger partial charge in [0, 0.05) is 10.6 Å². The monoisotopic (exact) mass is 473 g/mol. The van der Waals surface area contributed by atoms with E-state index in [2.05, 4.69) is 5.32 Å². The summed E-state index contributed by atoms with van der Waals surface area (Å²) in [5.41, 5.74) is -0.457. The molecule has 0 spiro atoms. The van der Waals surface area contributed by atoms with E-state index >= 15 is 0 Å². The van der Waals surface area contributed by atoms with Gasteiger partial charge in [0.1, 0.15) is 5.82 Å². The smallest absolute Gasteiger partial charge is 0.291 e. The molecule has 2 aromatic rings. The molecule has 0 aliphatic carbocycles. The maximum Gasteiger partial charge on any atom is 0.291 e. The van der Waals surface area contributed by atoms with Crippen molar-refractivity contribution in [2.75, 3.05) is 6.54 Å². The van der Waals surface area contributed by atoms with Crippen LogP contribution in [0.3, 0.4) is 0 Å². The minimum absolute atomic E-state index is 0.0106. The number of nitrogens with one attached hydrogen (secondary N) is 1. The van der Waals surface area contributed by atoms with E-state index in [0.717, 1.165) is 6.07 Å².